The Hall–Kier alpha value is -1.86. The summed E-state index contributed by atoms with van der Waals surface area (Å²) in [5.41, 5.74) is 0. The molecule has 0 saturated carbocycles. The summed E-state index contributed by atoms with van der Waals surface area (Å²) in [5.74, 6) is 0.942. The molecule has 2 amide bonds. The second-order valence-corrected chi connectivity index (χ2v) is 7.31. The topological polar surface area (TPSA) is 81.0 Å². The number of furan rings is 1. The fraction of sp³-hybridized carbons (Fsp3) is 0.684. The molecule has 4 heterocycles. The van der Waals surface area contributed by atoms with Gasteiger partial charge >= 0.3 is 0 Å². The monoisotopic (exact) mass is 362 g/mol. The second kappa shape index (κ2) is 7.80. The smallest absolute Gasteiger partial charge is 0.249 e. The van der Waals surface area contributed by atoms with Gasteiger partial charge < -0.3 is 24.1 Å². The van der Waals surface area contributed by atoms with Crippen LogP contribution in [0.1, 0.15) is 37.9 Å². The van der Waals surface area contributed by atoms with Crippen molar-refractivity contribution >= 4 is 11.8 Å². The molecule has 0 radical (unpaired) electrons. The summed E-state index contributed by atoms with van der Waals surface area (Å²) in [5, 5.41) is 2.87. The number of carbonyl (C=O) groups is 2. The van der Waals surface area contributed by atoms with Gasteiger partial charge in [-0.3, -0.25) is 9.59 Å². The van der Waals surface area contributed by atoms with E-state index in [0.717, 1.165) is 38.0 Å². The number of rotatable bonds is 4. The second-order valence-electron chi connectivity index (χ2n) is 7.31. The van der Waals surface area contributed by atoms with Gasteiger partial charge in [-0.25, -0.2) is 0 Å². The fourth-order valence-electron chi connectivity index (χ4n) is 4.27. The van der Waals surface area contributed by atoms with Crippen LogP contribution in [0.2, 0.25) is 0 Å². The van der Waals surface area contributed by atoms with Crippen LogP contribution in [0.4, 0.5) is 0 Å². The molecule has 3 aliphatic heterocycles. The Morgan fingerprint density at radius 2 is 2.00 bits per heavy atom. The molecule has 0 unspecified atom stereocenters. The van der Waals surface area contributed by atoms with E-state index in [0.29, 0.717) is 26.2 Å². The highest BCUT2D eigenvalue weighted by atomic mass is 16.5. The first kappa shape index (κ1) is 17.5. The fourth-order valence-corrected chi connectivity index (χ4v) is 4.27. The third-order valence-corrected chi connectivity index (χ3v) is 5.71. The SMILES string of the molecule is O=C(NCc1ccco1)[C@H]1CC[C@@H]2[C@@H](CCN2C(=O)C2CCOCC2)O1. The van der Waals surface area contributed by atoms with Crippen molar-refractivity contribution in [1.82, 2.24) is 10.2 Å². The number of hydrogen-bond acceptors (Lipinski definition) is 5. The quantitative estimate of drug-likeness (QED) is 0.877. The molecular weight excluding hydrogens is 336 g/mol. The summed E-state index contributed by atoms with van der Waals surface area (Å²) in [6, 6.07) is 3.74. The molecule has 3 aliphatic rings. The molecule has 1 aromatic rings. The number of nitrogens with one attached hydrogen (secondary N) is 1. The molecular formula is C19H26N2O5. The third kappa shape index (κ3) is 3.64. The minimum absolute atomic E-state index is 0.0353. The molecule has 0 bridgehead atoms. The summed E-state index contributed by atoms with van der Waals surface area (Å²) >= 11 is 0. The van der Waals surface area contributed by atoms with Crippen molar-refractivity contribution in [2.24, 2.45) is 5.92 Å². The van der Waals surface area contributed by atoms with Gasteiger partial charge in [-0.2, -0.15) is 0 Å². The van der Waals surface area contributed by atoms with Crippen molar-refractivity contribution in [1.29, 1.82) is 0 Å². The number of nitrogens with zero attached hydrogens (tertiary/aromatic N) is 1. The average Bonchev–Trinajstić information content (AvgIpc) is 3.35. The van der Waals surface area contributed by atoms with Crippen molar-refractivity contribution in [3.05, 3.63) is 24.2 Å². The largest absolute Gasteiger partial charge is 0.467 e. The van der Waals surface area contributed by atoms with Gasteiger partial charge in [0.25, 0.3) is 0 Å². The Balaban J connectivity index is 1.30. The Kier molecular flexibility index (Phi) is 5.26. The number of likely N-dealkylation sites (tertiary alicyclic amines) is 1. The minimum atomic E-state index is -0.440. The Bertz CT molecular complexity index is 626. The van der Waals surface area contributed by atoms with E-state index in [1.54, 1.807) is 12.3 Å². The first-order valence-corrected chi connectivity index (χ1v) is 9.56. The van der Waals surface area contributed by atoms with Crippen molar-refractivity contribution in [2.45, 2.75) is 56.9 Å². The number of amides is 2. The molecule has 3 fully saturated rings. The molecule has 3 atom stereocenters. The molecule has 0 aliphatic carbocycles. The number of carbonyl (C=O) groups excluding carboxylic acids is 2. The maximum Gasteiger partial charge on any atom is 0.249 e. The first-order valence-electron chi connectivity index (χ1n) is 9.56. The molecule has 1 aromatic heterocycles. The van der Waals surface area contributed by atoms with Crippen LogP contribution in [-0.2, 0) is 25.6 Å². The van der Waals surface area contributed by atoms with Crippen molar-refractivity contribution in [3.63, 3.8) is 0 Å². The van der Waals surface area contributed by atoms with Crippen LogP contribution in [0.15, 0.2) is 22.8 Å². The van der Waals surface area contributed by atoms with Gasteiger partial charge in [0.05, 0.1) is 25.0 Å². The van der Waals surface area contributed by atoms with Gasteiger partial charge in [-0.05, 0) is 44.2 Å². The van der Waals surface area contributed by atoms with E-state index in [2.05, 4.69) is 5.32 Å². The van der Waals surface area contributed by atoms with Gasteiger partial charge in [0.15, 0.2) is 0 Å². The van der Waals surface area contributed by atoms with Crippen LogP contribution in [-0.4, -0.2) is 54.7 Å². The average molecular weight is 362 g/mol. The maximum atomic E-state index is 12.8. The van der Waals surface area contributed by atoms with E-state index in [1.807, 2.05) is 11.0 Å². The molecule has 1 N–H and O–H groups in total. The minimum Gasteiger partial charge on any atom is -0.467 e. The van der Waals surface area contributed by atoms with E-state index < -0.39 is 6.10 Å². The zero-order valence-corrected chi connectivity index (χ0v) is 14.9. The van der Waals surface area contributed by atoms with Gasteiger partial charge in [-0.15, -0.1) is 0 Å². The highest BCUT2D eigenvalue weighted by Crippen LogP contribution is 2.33. The van der Waals surface area contributed by atoms with Crippen LogP contribution in [0, 0.1) is 5.92 Å². The number of ether oxygens (including phenoxy) is 2. The zero-order valence-electron chi connectivity index (χ0n) is 14.9. The van der Waals surface area contributed by atoms with Gasteiger partial charge in [0.2, 0.25) is 11.8 Å². The van der Waals surface area contributed by atoms with E-state index in [9.17, 15) is 9.59 Å². The molecule has 0 spiro atoms. The van der Waals surface area contributed by atoms with E-state index >= 15 is 0 Å². The summed E-state index contributed by atoms with van der Waals surface area (Å²) in [4.78, 5) is 27.2. The third-order valence-electron chi connectivity index (χ3n) is 5.71. The van der Waals surface area contributed by atoms with Crippen LogP contribution < -0.4 is 5.32 Å². The van der Waals surface area contributed by atoms with Crippen LogP contribution in [0.5, 0.6) is 0 Å². The van der Waals surface area contributed by atoms with Crippen molar-refractivity contribution < 1.29 is 23.5 Å². The Morgan fingerprint density at radius 3 is 2.77 bits per heavy atom. The molecule has 3 saturated heterocycles. The van der Waals surface area contributed by atoms with Crippen LogP contribution in [0.3, 0.4) is 0 Å². The molecule has 26 heavy (non-hydrogen) atoms. The van der Waals surface area contributed by atoms with E-state index in [1.165, 1.54) is 0 Å². The van der Waals surface area contributed by atoms with Gasteiger partial charge in [-0.1, -0.05) is 0 Å². The number of fused-ring (bicyclic) bond motifs is 1. The number of hydrogen-bond donors (Lipinski definition) is 1. The lowest BCUT2D eigenvalue weighted by molar-refractivity contribution is -0.150. The normalized spacial score (nSPS) is 29.4. The molecule has 142 valence electrons. The molecule has 4 rings (SSSR count). The summed E-state index contributed by atoms with van der Waals surface area (Å²) in [6.07, 6.45) is 5.00. The highest BCUT2D eigenvalue weighted by molar-refractivity contribution is 5.81. The predicted octanol–water partition coefficient (Wildman–Crippen LogP) is 1.47. The van der Waals surface area contributed by atoms with Crippen molar-refractivity contribution in [2.75, 3.05) is 19.8 Å². The van der Waals surface area contributed by atoms with Crippen LogP contribution >= 0.6 is 0 Å². The van der Waals surface area contributed by atoms with Gasteiger partial charge in [0.1, 0.15) is 11.9 Å². The highest BCUT2D eigenvalue weighted by Gasteiger charge is 2.44. The lowest BCUT2D eigenvalue weighted by Crippen LogP contribution is -2.50. The van der Waals surface area contributed by atoms with E-state index in [4.69, 9.17) is 13.9 Å². The maximum absolute atomic E-state index is 12.8. The Labute approximate surface area is 153 Å². The predicted molar refractivity (Wildman–Crippen MR) is 92.1 cm³/mol. The Morgan fingerprint density at radius 1 is 1.15 bits per heavy atom. The van der Waals surface area contributed by atoms with E-state index in [-0.39, 0.29) is 29.9 Å². The first-order chi connectivity index (χ1) is 12.7. The lowest BCUT2D eigenvalue weighted by atomic mass is 9.95. The standard InChI is InChI=1S/C19H26N2O5/c22-18(20-12-14-2-1-9-25-14)17-4-3-15-16(26-17)5-8-21(15)19(23)13-6-10-24-11-7-13/h1-2,9,13,15-17H,3-8,10-12H2,(H,20,22)/t15-,16-,17-/m1/s1. The summed E-state index contributed by atoms with van der Waals surface area (Å²) in [7, 11) is 0. The summed E-state index contributed by atoms with van der Waals surface area (Å²) < 4.78 is 16.6. The molecule has 7 nitrogen and oxygen atoms in total. The van der Waals surface area contributed by atoms with Crippen molar-refractivity contribution in [3.8, 4) is 0 Å². The summed E-state index contributed by atoms with van der Waals surface area (Å²) in [6.45, 7) is 2.44. The lowest BCUT2D eigenvalue weighted by Gasteiger charge is -2.37. The molecule has 7 heteroatoms. The zero-order chi connectivity index (χ0) is 17.9. The molecule has 0 aromatic carbocycles. The van der Waals surface area contributed by atoms with Gasteiger partial charge in [0, 0.05) is 25.7 Å². The van der Waals surface area contributed by atoms with Crippen LogP contribution in [0.25, 0.3) is 0 Å².